The Morgan fingerprint density at radius 1 is 1.14 bits per heavy atom. The summed E-state index contributed by atoms with van der Waals surface area (Å²) in [6, 6.07) is 17.0. The Hall–Kier alpha value is -4.20. The highest BCUT2D eigenvalue weighted by molar-refractivity contribution is 6.12. The lowest BCUT2D eigenvalue weighted by molar-refractivity contribution is -0.126. The Kier molecular flexibility index (Phi) is 5.51. The average Bonchev–Trinajstić information content (AvgIpc) is 3.49. The van der Waals surface area contributed by atoms with E-state index in [0.29, 0.717) is 28.4 Å². The van der Waals surface area contributed by atoms with Crippen molar-refractivity contribution in [1.82, 2.24) is 15.1 Å². The molecule has 7 nitrogen and oxygen atoms in total. The Bertz CT molecular complexity index is 1430. The first-order valence-electron chi connectivity index (χ1n) is 11.3. The third-order valence-corrected chi connectivity index (χ3v) is 6.35. The fourth-order valence-electron chi connectivity index (χ4n) is 4.58. The van der Waals surface area contributed by atoms with Gasteiger partial charge in [0.15, 0.2) is 5.76 Å². The van der Waals surface area contributed by atoms with E-state index in [4.69, 9.17) is 4.42 Å². The summed E-state index contributed by atoms with van der Waals surface area (Å²) in [7, 11) is 0. The molecule has 2 aromatic heterocycles. The number of hydrogen-bond acceptors (Lipinski definition) is 4. The number of benzene rings is 2. The van der Waals surface area contributed by atoms with E-state index < -0.39 is 5.54 Å². The van der Waals surface area contributed by atoms with Crippen LogP contribution in [0.4, 0.5) is 10.1 Å². The number of aryl methyl sites for hydroxylation is 2. The number of aromatic nitrogens is 2. The highest BCUT2D eigenvalue weighted by atomic mass is 19.1. The summed E-state index contributed by atoms with van der Waals surface area (Å²) in [5, 5.41) is 7.46. The number of amides is 2. The second-order valence-electron chi connectivity index (χ2n) is 9.07. The summed E-state index contributed by atoms with van der Waals surface area (Å²) in [4.78, 5) is 29.1. The molecule has 0 unspecified atom stereocenters. The third-order valence-electron chi connectivity index (χ3n) is 6.35. The molecular weight excluding hydrogens is 447 g/mol. The molecule has 1 N–H and O–H groups in total. The highest BCUT2D eigenvalue weighted by Gasteiger charge is 2.49. The van der Waals surface area contributed by atoms with E-state index in [0.717, 1.165) is 11.1 Å². The third kappa shape index (κ3) is 4.01. The van der Waals surface area contributed by atoms with Crippen LogP contribution in [0.15, 0.2) is 71.3 Å². The lowest BCUT2D eigenvalue weighted by Crippen LogP contribution is -2.64. The van der Waals surface area contributed by atoms with Crippen LogP contribution >= 0.6 is 0 Å². The van der Waals surface area contributed by atoms with E-state index in [9.17, 15) is 14.0 Å². The van der Waals surface area contributed by atoms with Gasteiger partial charge in [-0.2, -0.15) is 5.10 Å². The topological polar surface area (TPSA) is 80.4 Å². The maximum Gasteiger partial charge on any atom is 0.277 e. The molecule has 0 bridgehead atoms. The van der Waals surface area contributed by atoms with Crippen LogP contribution in [0.2, 0.25) is 0 Å². The number of halogens is 1. The lowest BCUT2D eigenvalue weighted by atomic mass is 9.92. The molecule has 178 valence electrons. The molecule has 5 rings (SSSR count). The standard InChI is InChI=1S/C27H25FN4O3/c1-17-9-10-22(18(2)12-17)32-25(33)23-14-21(24-8-5-11-35-24)30-31(23)16-27(32,3)26(34)29-15-19-6-4-7-20(28)13-19/h4-14H,15-16H2,1-3H3,(H,29,34)/t27-/m0/s1. The molecule has 2 amide bonds. The summed E-state index contributed by atoms with van der Waals surface area (Å²) in [5.74, 6) is -0.540. The molecule has 1 aliphatic rings. The molecule has 3 heterocycles. The van der Waals surface area contributed by atoms with Crippen LogP contribution in [0.1, 0.15) is 34.1 Å². The largest absolute Gasteiger partial charge is 0.463 e. The second-order valence-corrected chi connectivity index (χ2v) is 9.07. The Morgan fingerprint density at radius 2 is 1.97 bits per heavy atom. The fourth-order valence-corrected chi connectivity index (χ4v) is 4.58. The summed E-state index contributed by atoms with van der Waals surface area (Å²) >= 11 is 0. The van der Waals surface area contributed by atoms with E-state index in [2.05, 4.69) is 10.4 Å². The predicted octanol–water partition coefficient (Wildman–Crippen LogP) is 4.63. The molecular formula is C27H25FN4O3. The lowest BCUT2D eigenvalue weighted by Gasteiger charge is -2.43. The van der Waals surface area contributed by atoms with Crippen molar-refractivity contribution >= 4 is 17.5 Å². The van der Waals surface area contributed by atoms with Crippen LogP contribution in [-0.2, 0) is 17.9 Å². The average molecular weight is 473 g/mol. The van der Waals surface area contributed by atoms with Gasteiger partial charge in [0, 0.05) is 18.3 Å². The molecule has 1 aliphatic heterocycles. The summed E-state index contributed by atoms with van der Waals surface area (Å²) in [6.07, 6.45) is 1.54. The van der Waals surface area contributed by atoms with Crippen LogP contribution in [0.5, 0.6) is 0 Å². The van der Waals surface area contributed by atoms with Gasteiger partial charge in [-0.1, -0.05) is 29.8 Å². The minimum absolute atomic E-state index is 0.130. The number of rotatable bonds is 5. The van der Waals surface area contributed by atoms with E-state index in [1.54, 1.807) is 53.1 Å². The minimum Gasteiger partial charge on any atom is -0.463 e. The first-order chi connectivity index (χ1) is 16.8. The molecule has 0 saturated heterocycles. The molecule has 8 heteroatoms. The number of nitrogens with zero attached hydrogens (tertiary/aromatic N) is 3. The van der Waals surface area contributed by atoms with Crippen molar-refractivity contribution in [2.24, 2.45) is 0 Å². The zero-order valence-electron chi connectivity index (χ0n) is 19.7. The molecule has 0 radical (unpaired) electrons. The first-order valence-corrected chi connectivity index (χ1v) is 11.3. The summed E-state index contributed by atoms with van der Waals surface area (Å²) < 4.78 is 20.7. The molecule has 0 saturated carbocycles. The zero-order chi connectivity index (χ0) is 24.7. The maximum absolute atomic E-state index is 13.9. The Morgan fingerprint density at radius 3 is 2.69 bits per heavy atom. The van der Waals surface area contributed by atoms with Crippen LogP contribution in [-0.4, -0.2) is 27.1 Å². The van der Waals surface area contributed by atoms with Gasteiger partial charge in [0.25, 0.3) is 5.91 Å². The van der Waals surface area contributed by atoms with Gasteiger partial charge in [0.2, 0.25) is 5.91 Å². The molecule has 4 aromatic rings. The molecule has 35 heavy (non-hydrogen) atoms. The molecule has 0 spiro atoms. The Balaban J connectivity index is 1.56. The van der Waals surface area contributed by atoms with Crippen LogP contribution in [0.3, 0.4) is 0 Å². The molecule has 1 atom stereocenters. The van der Waals surface area contributed by atoms with Crippen LogP contribution < -0.4 is 10.2 Å². The number of hydrogen-bond donors (Lipinski definition) is 1. The van der Waals surface area contributed by atoms with Gasteiger partial charge in [0.1, 0.15) is 22.7 Å². The van der Waals surface area contributed by atoms with Crippen molar-refractivity contribution in [3.05, 3.63) is 95.1 Å². The van der Waals surface area contributed by atoms with Gasteiger partial charge in [-0.3, -0.25) is 19.2 Å². The van der Waals surface area contributed by atoms with Gasteiger partial charge in [-0.25, -0.2) is 4.39 Å². The first kappa shape index (κ1) is 22.6. The summed E-state index contributed by atoms with van der Waals surface area (Å²) in [6.45, 7) is 5.88. The van der Waals surface area contributed by atoms with Gasteiger partial charge in [-0.15, -0.1) is 0 Å². The van der Waals surface area contributed by atoms with Crippen molar-refractivity contribution in [3.8, 4) is 11.5 Å². The SMILES string of the molecule is Cc1ccc(N2C(=O)c3cc(-c4ccco4)nn3C[C@@]2(C)C(=O)NCc2cccc(F)c2)c(C)c1. The second kappa shape index (κ2) is 8.54. The van der Waals surface area contributed by atoms with Gasteiger partial charge in [0.05, 0.1) is 12.8 Å². The van der Waals surface area contributed by atoms with Crippen molar-refractivity contribution in [2.75, 3.05) is 4.90 Å². The van der Waals surface area contributed by atoms with Crippen molar-refractivity contribution in [2.45, 2.75) is 39.4 Å². The quantitative estimate of drug-likeness (QED) is 0.459. The highest BCUT2D eigenvalue weighted by Crippen LogP contribution is 2.36. The zero-order valence-corrected chi connectivity index (χ0v) is 19.7. The smallest absolute Gasteiger partial charge is 0.277 e. The summed E-state index contributed by atoms with van der Waals surface area (Å²) in [5.41, 5.74) is 2.80. The molecule has 0 aliphatic carbocycles. The van der Waals surface area contributed by atoms with Crippen molar-refractivity contribution in [1.29, 1.82) is 0 Å². The number of carbonyl (C=O) groups excluding carboxylic acids is 2. The van der Waals surface area contributed by atoms with Gasteiger partial charge >= 0.3 is 0 Å². The number of fused-ring (bicyclic) bond motifs is 1. The van der Waals surface area contributed by atoms with Gasteiger partial charge < -0.3 is 9.73 Å². The normalized spacial score (nSPS) is 17.4. The predicted molar refractivity (Wildman–Crippen MR) is 129 cm³/mol. The van der Waals surface area contributed by atoms with Crippen molar-refractivity contribution in [3.63, 3.8) is 0 Å². The van der Waals surface area contributed by atoms with Crippen LogP contribution in [0, 0.1) is 19.7 Å². The minimum atomic E-state index is -1.29. The molecule has 2 aromatic carbocycles. The maximum atomic E-state index is 13.9. The van der Waals surface area contributed by atoms with Crippen LogP contribution in [0.25, 0.3) is 11.5 Å². The number of furan rings is 1. The van der Waals surface area contributed by atoms with E-state index >= 15 is 0 Å². The van der Waals surface area contributed by atoms with E-state index in [1.807, 2.05) is 32.0 Å². The monoisotopic (exact) mass is 472 g/mol. The van der Waals surface area contributed by atoms with E-state index in [-0.39, 0.29) is 30.7 Å². The van der Waals surface area contributed by atoms with E-state index in [1.165, 1.54) is 12.1 Å². The van der Waals surface area contributed by atoms with Crippen molar-refractivity contribution < 1.29 is 18.4 Å². The van der Waals surface area contributed by atoms with Gasteiger partial charge in [-0.05, 0) is 62.2 Å². The molecule has 0 fully saturated rings. The Labute approximate surface area is 202 Å². The number of anilines is 1. The fraction of sp³-hybridized carbons (Fsp3) is 0.222. The number of carbonyl (C=O) groups is 2. The number of nitrogens with one attached hydrogen (secondary N) is 1.